The van der Waals surface area contributed by atoms with Gasteiger partial charge in [-0.1, -0.05) is 58.4 Å². The maximum absolute atomic E-state index is 12.6. The smallest absolute Gasteiger partial charge is 0.324 e. The number of hydrogen-bond donors (Lipinski definition) is 0. The maximum atomic E-state index is 12.6. The van der Waals surface area contributed by atoms with E-state index in [9.17, 15) is 14.9 Å². The zero-order valence-corrected chi connectivity index (χ0v) is 17.4. The molecule has 1 rings (SSSR count). The molecular formula is C23H30N2O4. The Hall–Kier alpha value is -2.86. The second-order valence-electron chi connectivity index (χ2n) is 6.92. The standard InChI is InChI=1S/C23H30N2O4/c1-3-5-7-9-13-28-22(26)21(23(27)29-14-10-8-6-4-2)18-11-12-19(16-24)20(15-18)17-25/h11-12,15,21H,3-10,13-14H2,1-2H3. The number of rotatable bonds is 13. The third-order valence-electron chi connectivity index (χ3n) is 4.57. The van der Waals surface area contributed by atoms with Crippen LogP contribution >= 0.6 is 0 Å². The molecule has 0 spiro atoms. The van der Waals surface area contributed by atoms with Gasteiger partial charge < -0.3 is 9.47 Å². The maximum Gasteiger partial charge on any atom is 0.324 e. The van der Waals surface area contributed by atoms with Crippen LogP contribution in [-0.4, -0.2) is 25.2 Å². The predicted molar refractivity (Wildman–Crippen MR) is 109 cm³/mol. The molecule has 0 aromatic heterocycles. The summed E-state index contributed by atoms with van der Waals surface area (Å²) in [5.74, 6) is -2.63. The molecule has 0 aliphatic rings. The van der Waals surface area contributed by atoms with Gasteiger partial charge in [0.1, 0.15) is 12.1 Å². The van der Waals surface area contributed by atoms with Gasteiger partial charge in [-0.3, -0.25) is 9.59 Å². The third kappa shape index (κ3) is 8.35. The highest BCUT2D eigenvalue weighted by Crippen LogP contribution is 2.23. The zero-order chi connectivity index (χ0) is 21.5. The highest BCUT2D eigenvalue weighted by atomic mass is 16.6. The van der Waals surface area contributed by atoms with Gasteiger partial charge in [-0.25, -0.2) is 0 Å². The zero-order valence-electron chi connectivity index (χ0n) is 17.4. The Bertz CT molecular complexity index is 720. The van der Waals surface area contributed by atoms with Gasteiger partial charge in [0.2, 0.25) is 0 Å². The van der Waals surface area contributed by atoms with Gasteiger partial charge in [-0.05, 0) is 30.5 Å². The molecular weight excluding hydrogens is 368 g/mol. The molecule has 0 unspecified atom stereocenters. The lowest BCUT2D eigenvalue weighted by Gasteiger charge is -2.16. The number of carbonyl (C=O) groups is 2. The van der Waals surface area contributed by atoms with Gasteiger partial charge in [0.05, 0.1) is 24.3 Å². The van der Waals surface area contributed by atoms with Crippen molar-refractivity contribution in [2.24, 2.45) is 0 Å². The van der Waals surface area contributed by atoms with Crippen molar-refractivity contribution < 1.29 is 19.1 Å². The fourth-order valence-corrected chi connectivity index (χ4v) is 2.87. The first-order valence-electron chi connectivity index (χ1n) is 10.4. The quantitative estimate of drug-likeness (QED) is 0.270. The van der Waals surface area contributed by atoms with Crippen LogP contribution in [0.15, 0.2) is 18.2 Å². The van der Waals surface area contributed by atoms with Crippen molar-refractivity contribution in [1.29, 1.82) is 10.5 Å². The van der Waals surface area contributed by atoms with E-state index in [1.807, 2.05) is 12.1 Å². The van der Waals surface area contributed by atoms with Gasteiger partial charge in [0.15, 0.2) is 5.92 Å². The Balaban J connectivity index is 2.90. The average molecular weight is 399 g/mol. The lowest BCUT2D eigenvalue weighted by Crippen LogP contribution is -2.27. The van der Waals surface area contributed by atoms with Crippen molar-refractivity contribution in [2.45, 2.75) is 71.1 Å². The van der Waals surface area contributed by atoms with Crippen LogP contribution in [0.2, 0.25) is 0 Å². The van der Waals surface area contributed by atoms with Crippen molar-refractivity contribution in [2.75, 3.05) is 13.2 Å². The van der Waals surface area contributed by atoms with Gasteiger partial charge in [-0.15, -0.1) is 0 Å². The van der Waals surface area contributed by atoms with Crippen molar-refractivity contribution in [3.63, 3.8) is 0 Å². The first-order chi connectivity index (χ1) is 14.1. The number of esters is 2. The van der Waals surface area contributed by atoms with E-state index >= 15 is 0 Å². The van der Waals surface area contributed by atoms with Crippen LogP contribution in [-0.2, 0) is 19.1 Å². The molecule has 6 nitrogen and oxygen atoms in total. The minimum absolute atomic E-state index is 0.112. The van der Waals surface area contributed by atoms with Gasteiger partial charge in [0, 0.05) is 0 Å². The van der Waals surface area contributed by atoms with Crippen LogP contribution in [0.1, 0.15) is 87.8 Å². The van der Waals surface area contributed by atoms with E-state index in [4.69, 9.17) is 14.7 Å². The molecule has 0 aliphatic heterocycles. The van der Waals surface area contributed by atoms with Gasteiger partial charge >= 0.3 is 11.9 Å². The first kappa shape index (κ1) is 24.2. The highest BCUT2D eigenvalue weighted by molar-refractivity contribution is 6.01. The molecule has 0 heterocycles. The second kappa shape index (κ2) is 14.2. The number of unbranched alkanes of at least 4 members (excludes halogenated alkanes) is 6. The highest BCUT2D eigenvalue weighted by Gasteiger charge is 2.32. The van der Waals surface area contributed by atoms with E-state index in [2.05, 4.69) is 13.8 Å². The summed E-state index contributed by atoms with van der Waals surface area (Å²) in [6.07, 6.45) is 7.62. The normalized spacial score (nSPS) is 10.2. The summed E-state index contributed by atoms with van der Waals surface area (Å²) in [5.41, 5.74) is 0.607. The lowest BCUT2D eigenvalue weighted by atomic mass is 9.95. The Morgan fingerprint density at radius 2 is 1.34 bits per heavy atom. The molecule has 6 heteroatoms. The molecule has 156 valence electrons. The summed E-state index contributed by atoms with van der Waals surface area (Å²) in [7, 11) is 0. The molecule has 1 aromatic rings. The molecule has 0 bridgehead atoms. The topological polar surface area (TPSA) is 100 Å². The van der Waals surface area contributed by atoms with E-state index in [-0.39, 0.29) is 24.3 Å². The van der Waals surface area contributed by atoms with Crippen LogP contribution in [0.5, 0.6) is 0 Å². The van der Waals surface area contributed by atoms with E-state index in [0.717, 1.165) is 51.4 Å². The first-order valence-corrected chi connectivity index (χ1v) is 10.4. The van der Waals surface area contributed by atoms with Crippen molar-refractivity contribution in [3.8, 4) is 12.1 Å². The summed E-state index contributed by atoms with van der Waals surface area (Å²) >= 11 is 0. The summed E-state index contributed by atoms with van der Waals surface area (Å²) in [6, 6.07) is 8.17. The molecule has 1 aromatic carbocycles. The van der Waals surface area contributed by atoms with Crippen molar-refractivity contribution in [1.82, 2.24) is 0 Å². The molecule has 29 heavy (non-hydrogen) atoms. The molecule has 0 saturated heterocycles. The molecule has 0 fully saturated rings. The fourth-order valence-electron chi connectivity index (χ4n) is 2.87. The fraction of sp³-hybridized carbons (Fsp3) is 0.565. The monoisotopic (exact) mass is 398 g/mol. The van der Waals surface area contributed by atoms with Gasteiger partial charge in [0.25, 0.3) is 0 Å². The molecule has 0 atom stereocenters. The lowest BCUT2D eigenvalue weighted by molar-refractivity contribution is -0.157. The molecule has 0 amide bonds. The number of hydrogen-bond acceptors (Lipinski definition) is 6. The van der Waals surface area contributed by atoms with Crippen LogP contribution in [0.3, 0.4) is 0 Å². The minimum atomic E-state index is -1.26. The van der Waals surface area contributed by atoms with Crippen LogP contribution in [0.25, 0.3) is 0 Å². The number of carbonyl (C=O) groups excluding carboxylic acids is 2. The average Bonchev–Trinajstić information content (AvgIpc) is 2.73. The molecule has 0 saturated carbocycles. The largest absolute Gasteiger partial charge is 0.465 e. The van der Waals surface area contributed by atoms with E-state index in [1.54, 1.807) is 0 Å². The number of nitriles is 2. The molecule has 0 aliphatic carbocycles. The van der Waals surface area contributed by atoms with Crippen LogP contribution < -0.4 is 0 Å². The van der Waals surface area contributed by atoms with Crippen molar-refractivity contribution in [3.05, 3.63) is 34.9 Å². The number of ether oxygens (including phenoxy) is 2. The molecule has 0 radical (unpaired) electrons. The van der Waals surface area contributed by atoms with Gasteiger partial charge in [-0.2, -0.15) is 10.5 Å². The number of benzene rings is 1. The Morgan fingerprint density at radius 1 is 0.828 bits per heavy atom. The summed E-state index contributed by atoms with van der Waals surface area (Å²) in [5, 5.41) is 18.3. The Labute approximate surface area is 173 Å². The number of nitrogens with zero attached hydrogens (tertiary/aromatic N) is 2. The van der Waals surface area contributed by atoms with E-state index < -0.39 is 17.9 Å². The van der Waals surface area contributed by atoms with Crippen LogP contribution in [0.4, 0.5) is 0 Å². The Morgan fingerprint density at radius 3 is 1.79 bits per heavy atom. The Kier molecular flexibility index (Phi) is 11.8. The van der Waals surface area contributed by atoms with Crippen LogP contribution in [0, 0.1) is 22.7 Å². The summed E-state index contributed by atoms with van der Waals surface area (Å²) < 4.78 is 10.6. The minimum Gasteiger partial charge on any atom is -0.465 e. The van der Waals surface area contributed by atoms with E-state index in [1.165, 1.54) is 18.2 Å². The summed E-state index contributed by atoms with van der Waals surface area (Å²) in [4.78, 5) is 25.3. The SMILES string of the molecule is CCCCCCOC(=O)C(C(=O)OCCCCCC)c1ccc(C#N)c(C#N)c1. The van der Waals surface area contributed by atoms with E-state index in [0.29, 0.717) is 5.56 Å². The molecule has 0 N–H and O–H groups in total. The third-order valence-corrected chi connectivity index (χ3v) is 4.57. The summed E-state index contributed by atoms with van der Waals surface area (Å²) in [6.45, 7) is 4.66. The predicted octanol–water partition coefficient (Wildman–Crippen LogP) is 4.76. The van der Waals surface area contributed by atoms with Crippen molar-refractivity contribution >= 4 is 11.9 Å². The second-order valence-corrected chi connectivity index (χ2v) is 6.92.